The minimum atomic E-state index is -1.55. The number of aromatic hydroxyl groups is 1. The maximum Gasteiger partial charge on any atom is 0.451 e. The second-order valence-electron chi connectivity index (χ2n) is 5.91. The summed E-state index contributed by atoms with van der Waals surface area (Å²) in [5.74, 6) is -2.65. The van der Waals surface area contributed by atoms with Crippen molar-refractivity contribution in [1.29, 1.82) is 0 Å². The Kier molecular flexibility index (Phi) is 6.24. The quantitative estimate of drug-likeness (QED) is 0.375. The summed E-state index contributed by atoms with van der Waals surface area (Å²) in [6, 6.07) is 2.92. The zero-order valence-corrected chi connectivity index (χ0v) is 13.5. The van der Waals surface area contributed by atoms with Gasteiger partial charge in [-0.25, -0.2) is 4.79 Å². The maximum absolute atomic E-state index is 11.4. The Labute approximate surface area is 144 Å². The molecule has 0 amide bonds. The average Bonchev–Trinajstić information content (AvgIpc) is 2.47. The molecule has 0 radical (unpaired) electrons. The normalized spacial score (nSPS) is 14.8. The van der Waals surface area contributed by atoms with Gasteiger partial charge in [-0.3, -0.25) is 9.69 Å². The van der Waals surface area contributed by atoms with Gasteiger partial charge in [0.15, 0.2) is 0 Å². The fraction of sp³-hybridized carbons (Fsp3) is 0.467. The van der Waals surface area contributed by atoms with Gasteiger partial charge in [-0.15, -0.1) is 0 Å². The molecule has 9 nitrogen and oxygen atoms in total. The number of benzene rings is 1. The number of carboxylic acid groups (broad SMARTS) is 2. The Morgan fingerprint density at radius 2 is 1.92 bits per heavy atom. The number of hydrogen-bond acceptors (Lipinski definition) is 7. The van der Waals surface area contributed by atoms with Crippen molar-refractivity contribution in [2.75, 3.05) is 19.6 Å². The van der Waals surface area contributed by atoms with Crippen LogP contribution in [0.1, 0.15) is 22.3 Å². The molecule has 5 N–H and O–H groups in total. The lowest BCUT2D eigenvalue weighted by Crippen LogP contribution is -2.54. The molecule has 1 heterocycles. The lowest BCUT2D eigenvalue weighted by atomic mass is 9.82. The van der Waals surface area contributed by atoms with Crippen LogP contribution in [0.2, 0.25) is 6.32 Å². The molecule has 0 bridgehead atoms. The minimum absolute atomic E-state index is 0.0271. The van der Waals surface area contributed by atoms with Crippen molar-refractivity contribution in [3.05, 3.63) is 23.3 Å². The smallest absolute Gasteiger partial charge is 0.451 e. The van der Waals surface area contributed by atoms with E-state index in [2.05, 4.69) is 0 Å². The number of phenols is 1. The molecular formula is C15H20BNO8. The first-order valence-electron chi connectivity index (χ1n) is 7.83. The first-order chi connectivity index (χ1) is 11.8. The third-order valence-corrected chi connectivity index (χ3v) is 3.97. The van der Waals surface area contributed by atoms with Crippen molar-refractivity contribution in [2.45, 2.75) is 25.3 Å². The van der Waals surface area contributed by atoms with Gasteiger partial charge in [-0.2, -0.15) is 0 Å². The van der Waals surface area contributed by atoms with Crippen molar-refractivity contribution in [3.63, 3.8) is 0 Å². The molecular weight excluding hydrogens is 333 g/mol. The summed E-state index contributed by atoms with van der Waals surface area (Å²) in [5, 5.41) is 45.9. The first-order valence-corrected chi connectivity index (χ1v) is 7.83. The Morgan fingerprint density at radius 3 is 2.48 bits per heavy atom. The van der Waals surface area contributed by atoms with E-state index in [1.54, 1.807) is 0 Å². The van der Waals surface area contributed by atoms with Gasteiger partial charge >= 0.3 is 19.1 Å². The molecule has 1 aliphatic heterocycles. The maximum atomic E-state index is 11.4. The number of aromatic carboxylic acids is 1. The molecule has 136 valence electrons. The van der Waals surface area contributed by atoms with Crippen LogP contribution in [0.15, 0.2) is 12.1 Å². The zero-order chi connectivity index (χ0) is 18.6. The van der Waals surface area contributed by atoms with E-state index >= 15 is 0 Å². The summed E-state index contributed by atoms with van der Waals surface area (Å²) in [7, 11) is -1.55. The number of carboxylic acids is 2. The van der Waals surface area contributed by atoms with Gasteiger partial charge in [0.05, 0.1) is 6.42 Å². The molecule has 0 spiro atoms. The number of ether oxygens (including phenoxy) is 1. The second-order valence-corrected chi connectivity index (χ2v) is 5.91. The number of carbonyl (C=O) groups is 2. The fourth-order valence-corrected chi connectivity index (χ4v) is 2.62. The summed E-state index contributed by atoms with van der Waals surface area (Å²) in [4.78, 5) is 23.8. The third kappa shape index (κ3) is 5.09. The van der Waals surface area contributed by atoms with Gasteiger partial charge in [0.25, 0.3) is 0 Å². The lowest BCUT2D eigenvalue weighted by Gasteiger charge is -2.38. The van der Waals surface area contributed by atoms with E-state index in [0.29, 0.717) is 19.6 Å². The highest BCUT2D eigenvalue weighted by atomic mass is 16.5. The molecule has 0 saturated carbocycles. The number of aliphatic carboxylic acids is 1. The van der Waals surface area contributed by atoms with E-state index in [-0.39, 0.29) is 42.1 Å². The van der Waals surface area contributed by atoms with E-state index in [4.69, 9.17) is 19.9 Å². The summed E-state index contributed by atoms with van der Waals surface area (Å²) >= 11 is 0. The van der Waals surface area contributed by atoms with Gasteiger partial charge in [-0.05, 0) is 24.4 Å². The third-order valence-electron chi connectivity index (χ3n) is 3.97. The molecule has 25 heavy (non-hydrogen) atoms. The van der Waals surface area contributed by atoms with Crippen LogP contribution < -0.4 is 4.74 Å². The van der Waals surface area contributed by atoms with Crippen LogP contribution in [-0.4, -0.2) is 75.1 Å². The van der Waals surface area contributed by atoms with Crippen molar-refractivity contribution < 1.29 is 39.7 Å². The molecule has 1 saturated heterocycles. The molecule has 0 aromatic heterocycles. The zero-order valence-electron chi connectivity index (χ0n) is 13.5. The molecule has 0 aliphatic carbocycles. The Bertz CT molecular complexity index is 645. The van der Waals surface area contributed by atoms with Crippen molar-refractivity contribution in [1.82, 2.24) is 4.90 Å². The SMILES string of the molecule is O=C(O)CCN1CC(Oc2ccc(CCB(O)O)c(O)c2C(=O)O)C1. The molecule has 1 fully saturated rings. The van der Waals surface area contributed by atoms with Crippen LogP contribution in [-0.2, 0) is 11.2 Å². The summed E-state index contributed by atoms with van der Waals surface area (Å²) in [5.41, 5.74) is -0.0801. The minimum Gasteiger partial charge on any atom is -0.507 e. The van der Waals surface area contributed by atoms with E-state index in [0.717, 1.165) is 0 Å². The summed E-state index contributed by atoms with van der Waals surface area (Å²) in [6.45, 7) is 1.35. The van der Waals surface area contributed by atoms with Gasteiger partial charge in [-0.1, -0.05) is 6.07 Å². The Morgan fingerprint density at radius 1 is 1.24 bits per heavy atom. The van der Waals surface area contributed by atoms with Crippen LogP contribution in [0, 0.1) is 0 Å². The van der Waals surface area contributed by atoms with Gasteiger partial charge in [0.1, 0.15) is 23.2 Å². The predicted molar refractivity (Wildman–Crippen MR) is 86.9 cm³/mol. The second kappa shape index (κ2) is 8.19. The number of hydrogen-bond donors (Lipinski definition) is 5. The molecule has 2 rings (SSSR count). The monoisotopic (exact) mass is 353 g/mol. The number of rotatable bonds is 9. The lowest BCUT2D eigenvalue weighted by molar-refractivity contribution is -0.138. The van der Waals surface area contributed by atoms with Crippen LogP contribution in [0.25, 0.3) is 0 Å². The van der Waals surface area contributed by atoms with Crippen molar-refractivity contribution in [3.8, 4) is 11.5 Å². The van der Waals surface area contributed by atoms with E-state index in [1.165, 1.54) is 12.1 Å². The van der Waals surface area contributed by atoms with Crippen LogP contribution >= 0.6 is 0 Å². The van der Waals surface area contributed by atoms with Gasteiger partial charge < -0.3 is 30.1 Å². The van der Waals surface area contributed by atoms with Gasteiger partial charge in [0, 0.05) is 19.6 Å². The molecule has 0 atom stereocenters. The summed E-state index contributed by atoms with van der Waals surface area (Å²) < 4.78 is 5.61. The molecule has 1 aromatic rings. The number of likely N-dealkylation sites (tertiary alicyclic amines) is 1. The molecule has 10 heteroatoms. The first kappa shape index (κ1) is 19.0. The molecule has 1 aromatic carbocycles. The van der Waals surface area contributed by atoms with Crippen molar-refractivity contribution in [2.24, 2.45) is 0 Å². The van der Waals surface area contributed by atoms with Crippen LogP contribution in [0.4, 0.5) is 0 Å². The predicted octanol–water partition coefficient (Wildman–Crippen LogP) is -0.357. The fourth-order valence-electron chi connectivity index (χ4n) is 2.62. The topological polar surface area (TPSA) is 148 Å². The highest BCUT2D eigenvalue weighted by molar-refractivity contribution is 6.41. The standard InChI is InChI=1S/C15H20BNO8/c18-12(19)4-6-17-7-10(8-17)25-11-2-1-9(3-5-16(23)24)14(20)13(11)15(21)22/h1-2,10,20,23-24H,3-8H2,(H,18,19)(H,21,22). The molecule has 1 aliphatic rings. The molecule has 0 unspecified atom stereocenters. The van der Waals surface area contributed by atoms with E-state index in [9.17, 15) is 19.8 Å². The van der Waals surface area contributed by atoms with Crippen LogP contribution in [0.3, 0.4) is 0 Å². The van der Waals surface area contributed by atoms with E-state index in [1.807, 2.05) is 4.90 Å². The van der Waals surface area contributed by atoms with Crippen molar-refractivity contribution >= 4 is 19.1 Å². The van der Waals surface area contributed by atoms with Crippen LogP contribution in [0.5, 0.6) is 11.5 Å². The summed E-state index contributed by atoms with van der Waals surface area (Å²) in [6.07, 6.45) is -0.180. The van der Waals surface area contributed by atoms with E-state index < -0.39 is 24.8 Å². The Hall–Kier alpha value is -2.30. The number of nitrogens with zero attached hydrogens (tertiary/aromatic N) is 1. The Balaban J connectivity index is 2.02. The number of aryl methyl sites for hydroxylation is 1. The average molecular weight is 353 g/mol. The highest BCUT2D eigenvalue weighted by Crippen LogP contribution is 2.33. The highest BCUT2D eigenvalue weighted by Gasteiger charge is 2.30. The van der Waals surface area contributed by atoms with Gasteiger partial charge in [0.2, 0.25) is 0 Å². The largest absolute Gasteiger partial charge is 0.507 e.